The second kappa shape index (κ2) is 5.72. The number of benzene rings is 1. The predicted octanol–water partition coefficient (Wildman–Crippen LogP) is 3.25. The molecule has 2 aliphatic heterocycles. The van der Waals surface area contributed by atoms with Gasteiger partial charge in [0.25, 0.3) is 0 Å². The van der Waals surface area contributed by atoms with Crippen molar-refractivity contribution in [2.45, 2.75) is 25.1 Å². The second-order valence-electron chi connectivity index (χ2n) is 5.39. The lowest BCUT2D eigenvalue weighted by atomic mass is 10.3. The maximum atomic E-state index is 12.0. The van der Waals surface area contributed by atoms with E-state index in [4.69, 9.17) is 0 Å². The molecule has 0 radical (unpaired) electrons. The van der Waals surface area contributed by atoms with Crippen molar-refractivity contribution in [3.63, 3.8) is 0 Å². The average Bonchev–Trinajstić information content (AvgIpc) is 3.03. The Morgan fingerprint density at radius 1 is 1.09 bits per heavy atom. The van der Waals surface area contributed by atoms with Gasteiger partial charge in [0, 0.05) is 19.7 Å². The molecule has 1 aromatic carbocycles. The minimum absolute atomic E-state index is 0.0288. The Balaban J connectivity index is 2.08. The molecule has 120 valence electrons. The largest absolute Gasteiger partial charge is 0.335 e. The van der Waals surface area contributed by atoms with Gasteiger partial charge in [0.15, 0.2) is 16.6 Å². The van der Waals surface area contributed by atoms with Crippen molar-refractivity contribution < 1.29 is 9.59 Å². The third-order valence-corrected chi connectivity index (χ3v) is 7.08. The predicted molar refractivity (Wildman–Crippen MR) is 96.1 cm³/mol. The van der Waals surface area contributed by atoms with E-state index in [0.29, 0.717) is 9.95 Å². The molecule has 0 aliphatic carbocycles. The molecule has 3 rings (SSSR count). The zero-order valence-electron chi connectivity index (χ0n) is 13.4. The highest BCUT2D eigenvalue weighted by molar-refractivity contribution is 8.28. The molecule has 0 saturated carbocycles. The van der Waals surface area contributed by atoms with Gasteiger partial charge in [0.2, 0.25) is 4.33 Å². The lowest BCUT2D eigenvalue weighted by Gasteiger charge is -2.39. The van der Waals surface area contributed by atoms with Gasteiger partial charge < -0.3 is 4.90 Å². The van der Waals surface area contributed by atoms with Crippen LogP contribution >= 0.6 is 23.5 Å². The number of carbonyl (C=O) groups excluding carboxylic acids is 2. The van der Waals surface area contributed by atoms with Crippen molar-refractivity contribution in [1.82, 2.24) is 4.90 Å². The minimum atomic E-state index is -0.673. The van der Waals surface area contributed by atoms with E-state index in [1.165, 1.54) is 30.4 Å². The summed E-state index contributed by atoms with van der Waals surface area (Å²) in [5, 5.41) is 6.82. The van der Waals surface area contributed by atoms with Crippen LogP contribution in [0.3, 0.4) is 0 Å². The molecule has 0 fully saturated rings. The highest BCUT2D eigenvalue weighted by Gasteiger charge is 2.55. The number of anilines is 1. The third kappa shape index (κ3) is 2.48. The first-order valence-electron chi connectivity index (χ1n) is 7.15. The van der Waals surface area contributed by atoms with Crippen LogP contribution in [0.25, 0.3) is 0 Å². The molecule has 2 aliphatic rings. The van der Waals surface area contributed by atoms with Crippen molar-refractivity contribution in [2.75, 3.05) is 12.1 Å². The molecular weight excluding hydrogens is 330 g/mol. The van der Waals surface area contributed by atoms with Gasteiger partial charge in [-0.2, -0.15) is 5.10 Å². The zero-order chi connectivity index (χ0) is 16.8. The molecule has 1 aromatic rings. The summed E-state index contributed by atoms with van der Waals surface area (Å²) in [4.78, 5) is 26.6. The quantitative estimate of drug-likeness (QED) is 0.837. The Morgan fingerprint density at radius 3 is 2.26 bits per heavy atom. The summed E-state index contributed by atoms with van der Waals surface area (Å²) in [6, 6.07) is 9.70. The number of thioether (sulfide) groups is 2. The normalized spacial score (nSPS) is 23.7. The number of Topliss-reactive ketones (excluding diaryl/α,β-unsaturated/α-hetero) is 2. The highest BCUT2D eigenvalue weighted by Crippen LogP contribution is 2.58. The fourth-order valence-electron chi connectivity index (χ4n) is 2.52. The van der Waals surface area contributed by atoms with Crippen LogP contribution in [0, 0.1) is 0 Å². The molecule has 1 spiro atoms. The van der Waals surface area contributed by atoms with Crippen molar-refractivity contribution in [3.05, 3.63) is 40.9 Å². The number of para-hydroxylation sites is 1. The van der Waals surface area contributed by atoms with Gasteiger partial charge in [-0.25, -0.2) is 5.01 Å². The standard InChI is InChI=1S/C16H17N3O2S2/c1-10-14(11(2)20)22-16(18(10)4)19(13-8-6-5-7-9-13)17-15(23-16)12(3)21/h5-9H,1-4H3. The van der Waals surface area contributed by atoms with Gasteiger partial charge >= 0.3 is 0 Å². The Hall–Kier alpha value is -1.73. The van der Waals surface area contributed by atoms with Crippen LogP contribution in [-0.4, -0.2) is 32.9 Å². The summed E-state index contributed by atoms with van der Waals surface area (Å²) in [6.45, 7) is 5.01. The van der Waals surface area contributed by atoms with Crippen molar-refractivity contribution in [1.29, 1.82) is 0 Å². The monoisotopic (exact) mass is 347 g/mol. The number of hydrogen-bond acceptors (Lipinski definition) is 7. The molecule has 23 heavy (non-hydrogen) atoms. The van der Waals surface area contributed by atoms with E-state index in [2.05, 4.69) is 5.10 Å². The van der Waals surface area contributed by atoms with Crippen LogP contribution in [0.2, 0.25) is 0 Å². The van der Waals surface area contributed by atoms with Crippen LogP contribution in [-0.2, 0) is 9.59 Å². The molecule has 0 N–H and O–H groups in total. The molecule has 0 saturated heterocycles. The van der Waals surface area contributed by atoms with Gasteiger partial charge in [-0.1, -0.05) is 30.0 Å². The van der Waals surface area contributed by atoms with Crippen molar-refractivity contribution >= 4 is 45.8 Å². The summed E-state index contributed by atoms with van der Waals surface area (Å²) in [5.74, 6) is -0.0446. The van der Waals surface area contributed by atoms with E-state index in [-0.39, 0.29) is 11.6 Å². The summed E-state index contributed by atoms with van der Waals surface area (Å²) >= 11 is 2.83. The smallest absolute Gasteiger partial charge is 0.241 e. The molecule has 0 amide bonds. The van der Waals surface area contributed by atoms with Gasteiger partial charge in [-0.3, -0.25) is 9.59 Å². The van der Waals surface area contributed by atoms with Gasteiger partial charge in [0.1, 0.15) is 0 Å². The first kappa shape index (κ1) is 16.1. The van der Waals surface area contributed by atoms with Crippen molar-refractivity contribution in [2.24, 2.45) is 5.10 Å². The fraction of sp³-hybridized carbons (Fsp3) is 0.312. The van der Waals surface area contributed by atoms with Gasteiger partial charge in [-0.15, -0.1) is 0 Å². The minimum Gasteiger partial charge on any atom is -0.335 e. The van der Waals surface area contributed by atoms with Crippen LogP contribution in [0.5, 0.6) is 0 Å². The van der Waals surface area contributed by atoms with Crippen LogP contribution in [0.15, 0.2) is 46.0 Å². The third-order valence-electron chi connectivity index (χ3n) is 3.80. The molecule has 5 nitrogen and oxygen atoms in total. The summed E-state index contributed by atoms with van der Waals surface area (Å²) in [5.41, 5.74) is 1.78. The number of hydrogen-bond donors (Lipinski definition) is 0. The molecule has 1 unspecified atom stereocenters. The van der Waals surface area contributed by atoms with Crippen LogP contribution < -0.4 is 5.01 Å². The number of carbonyl (C=O) groups is 2. The first-order valence-corrected chi connectivity index (χ1v) is 8.78. The van der Waals surface area contributed by atoms with E-state index in [1.54, 1.807) is 6.92 Å². The summed E-state index contributed by atoms with van der Waals surface area (Å²) in [6.07, 6.45) is 0. The second-order valence-corrected chi connectivity index (χ2v) is 7.99. The Labute approximate surface area is 143 Å². The maximum Gasteiger partial charge on any atom is 0.241 e. The molecule has 7 heteroatoms. The average molecular weight is 347 g/mol. The topological polar surface area (TPSA) is 53.0 Å². The van der Waals surface area contributed by atoms with E-state index in [9.17, 15) is 9.59 Å². The van der Waals surface area contributed by atoms with E-state index in [1.807, 2.05) is 54.2 Å². The van der Waals surface area contributed by atoms with Gasteiger partial charge in [-0.05, 0) is 37.7 Å². The molecule has 0 aromatic heterocycles. The van der Waals surface area contributed by atoms with Crippen LogP contribution in [0.1, 0.15) is 20.8 Å². The number of hydrazone groups is 1. The van der Waals surface area contributed by atoms with Crippen molar-refractivity contribution in [3.8, 4) is 0 Å². The number of allylic oxidation sites excluding steroid dienone is 2. The fourth-order valence-corrected chi connectivity index (χ4v) is 5.40. The number of nitrogens with zero attached hydrogens (tertiary/aromatic N) is 3. The lowest BCUT2D eigenvalue weighted by molar-refractivity contribution is -0.113. The van der Waals surface area contributed by atoms with Crippen LogP contribution in [0.4, 0.5) is 5.69 Å². The van der Waals surface area contributed by atoms with Gasteiger partial charge in [0.05, 0.1) is 10.6 Å². The first-order chi connectivity index (χ1) is 10.9. The summed E-state index contributed by atoms with van der Waals surface area (Å²) < 4.78 is -0.673. The zero-order valence-corrected chi connectivity index (χ0v) is 15.0. The van der Waals surface area contributed by atoms with E-state index >= 15 is 0 Å². The lowest BCUT2D eigenvalue weighted by Crippen LogP contribution is -2.47. The summed E-state index contributed by atoms with van der Waals surface area (Å²) in [7, 11) is 1.93. The molecule has 1 atom stereocenters. The highest BCUT2D eigenvalue weighted by atomic mass is 32.2. The number of ketones is 2. The Morgan fingerprint density at radius 2 is 1.74 bits per heavy atom. The SMILES string of the molecule is CC(=O)C1=NN(c2ccccc2)C2(S1)SC(C(C)=O)=C(C)N2C. The Bertz CT molecular complexity index is 745. The van der Waals surface area contributed by atoms with E-state index in [0.717, 1.165) is 11.4 Å². The molecular formula is C16H17N3O2S2. The maximum absolute atomic E-state index is 12.0. The molecule has 2 heterocycles. The van der Waals surface area contributed by atoms with E-state index < -0.39 is 4.33 Å². The molecule has 0 bridgehead atoms. The number of rotatable bonds is 3. The Kier molecular flexibility index (Phi) is 4.01.